The number of rotatable bonds is 3. The molecule has 1 aliphatic heterocycles. The van der Waals surface area contributed by atoms with Gasteiger partial charge in [-0.25, -0.2) is 9.97 Å². The van der Waals surface area contributed by atoms with Crippen LogP contribution in [0, 0.1) is 11.3 Å². The van der Waals surface area contributed by atoms with Crippen molar-refractivity contribution in [3.8, 4) is 6.07 Å². The highest BCUT2D eigenvalue weighted by molar-refractivity contribution is 5.87. The summed E-state index contributed by atoms with van der Waals surface area (Å²) in [5.74, 6) is 1.64. The fraction of sp³-hybridized carbons (Fsp3) is 0.294. The van der Waals surface area contributed by atoms with Crippen molar-refractivity contribution in [2.24, 2.45) is 0 Å². The summed E-state index contributed by atoms with van der Waals surface area (Å²) in [7, 11) is 1.96. The standard InChI is InChI=1S/C17H17N7O/c1-23(14-3-2-11(8-18)17(25)22-14)12-5-7-24(9-12)16-13-4-6-19-15(13)20-10-21-16/h2-4,6,10,12H,5,7,9H2,1H3,(H,22,25)(H,19,20,21). The molecular formula is C17H17N7O. The molecule has 0 radical (unpaired) electrons. The number of pyridine rings is 1. The van der Waals surface area contributed by atoms with Crippen LogP contribution in [0.2, 0.25) is 0 Å². The van der Waals surface area contributed by atoms with Gasteiger partial charge in [-0.05, 0) is 24.6 Å². The summed E-state index contributed by atoms with van der Waals surface area (Å²) in [6.45, 7) is 1.68. The van der Waals surface area contributed by atoms with E-state index >= 15 is 0 Å². The third-order valence-electron chi connectivity index (χ3n) is 4.74. The minimum atomic E-state index is -0.355. The normalized spacial score (nSPS) is 17.0. The third-order valence-corrected chi connectivity index (χ3v) is 4.74. The maximum absolute atomic E-state index is 11.9. The molecule has 4 heterocycles. The molecule has 0 aromatic carbocycles. The van der Waals surface area contributed by atoms with Gasteiger partial charge in [0.15, 0.2) is 0 Å². The first-order valence-corrected chi connectivity index (χ1v) is 8.06. The molecule has 0 aliphatic carbocycles. The van der Waals surface area contributed by atoms with Crippen molar-refractivity contribution in [1.82, 2.24) is 19.9 Å². The lowest BCUT2D eigenvalue weighted by Crippen LogP contribution is -2.36. The van der Waals surface area contributed by atoms with Gasteiger partial charge in [0.05, 0.1) is 5.39 Å². The van der Waals surface area contributed by atoms with Crippen molar-refractivity contribution >= 4 is 22.7 Å². The Kier molecular flexibility index (Phi) is 3.61. The lowest BCUT2D eigenvalue weighted by atomic mass is 10.2. The summed E-state index contributed by atoms with van der Waals surface area (Å²) in [5.41, 5.74) is 0.603. The van der Waals surface area contributed by atoms with Crippen LogP contribution in [-0.2, 0) is 0 Å². The molecule has 0 bridgehead atoms. The van der Waals surface area contributed by atoms with Crippen LogP contribution in [0.15, 0.2) is 35.5 Å². The number of fused-ring (bicyclic) bond motifs is 1. The minimum absolute atomic E-state index is 0.126. The summed E-state index contributed by atoms with van der Waals surface area (Å²) >= 11 is 0. The first kappa shape index (κ1) is 15.2. The molecular weight excluding hydrogens is 318 g/mol. The Morgan fingerprint density at radius 1 is 1.36 bits per heavy atom. The molecule has 8 heteroatoms. The Morgan fingerprint density at radius 2 is 2.24 bits per heavy atom. The molecule has 3 aromatic rings. The van der Waals surface area contributed by atoms with E-state index in [0.29, 0.717) is 5.82 Å². The Balaban J connectivity index is 1.56. The zero-order valence-electron chi connectivity index (χ0n) is 13.7. The molecule has 1 unspecified atom stereocenters. The second kappa shape index (κ2) is 5.94. The van der Waals surface area contributed by atoms with E-state index in [1.165, 1.54) is 0 Å². The highest BCUT2D eigenvalue weighted by Gasteiger charge is 2.28. The summed E-state index contributed by atoms with van der Waals surface area (Å²) in [6, 6.07) is 7.45. The summed E-state index contributed by atoms with van der Waals surface area (Å²) < 4.78 is 0. The number of hydrogen-bond donors (Lipinski definition) is 2. The number of hydrogen-bond acceptors (Lipinski definition) is 6. The van der Waals surface area contributed by atoms with E-state index in [2.05, 4.69) is 29.7 Å². The smallest absolute Gasteiger partial charge is 0.267 e. The van der Waals surface area contributed by atoms with Gasteiger partial charge >= 0.3 is 0 Å². The highest BCUT2D eigenvalue weighted by atomic mass is 16.1. The first-order chi connectivity index (χ1) is 12.2. The van der Waals surface area contributed by atoms with Gasteiger partial charge in [0.25, 0.3) is 5.56 Å². The van der Waals surface area contributed by atoms with Gasteiger partial charge in [-0.2, -0.15) is 5.26 Å². The van der Waals surface area contributed by atoms with E-state index in [0.717, 1.165) is 36.4 Å². The molecule has 2 N–H and O–H groups in total. The number of likely N-dealkylation sites (N-methyl/N-ethyl adjacent to an activating group) is 1. The molecule has 0 spiro atoms. The van der Waals surface area contributed by atoms with Gasteiger partial charge in [0, 0.05) is 32.4 Å². The summed E-state index contributed by atoms with van der Waals surface area (Å²) in [6.07, 6.45) is 4.39. The van der Waals surface area contributed by atoms with Crippen LogP contribution in [0.25, 0.3) is 11.0 Å². The molecule has 0 amide bonds. The lowest BCUT2D eigenvalue weighted by Gasteiger charge is -2.26. The second-order valence-electron chi connectivity index (χ2n) is 6.13. The molecule has 25 heavy (non-hydrogen) atoms. The zero-order chi connectivity index (χ0) is 17.4. The molecule has 8 nitrogen and oxygen atoms in total. The molecule has 0 saturated carbocycles. The van der Waals surface area contributed by atoms with Crippen molar-refractivity contribution in [3.05, 3.63) is 46.6 Å². The quantitative estimate of drug-likeness (QED) is 0.746. The Bertz CT molecular complexity index is 1020. The average molecular weight is 335 g/mol. The topological polar surface area (TPSA) is 105 Å². The van der Waals surface area contributed by atoms with Crippen LogP contribution in [0.4, 0.5) is 11.6 Å². The van der Waals surface area contributed by atoms with Crippen LogP contribution in [0.1, 0.15) is 12.0 Å². The van der Waals surface area contributed by atoms with E-state index in [9.17, 15) is 4.79 Å². The number of aromatic nitrogens is 4. The molecule has 3 aromatic heterocycles. The van der Waals surface area contributed by atoms with Crippen LogP contribution in [-0.4, -0.2) is 46.1 Å². The van der Waals surface area contributed by atoms with Gasteiger partial charge < -0.3 is 19.8 Å². The van der Waals surface area contributed by atoms with Gasteiger partial charge in [0.1, 0.15) is 35.2 Å². The number of nitrogens with one attached hydrogen (secondary N) is 2. The van der Waals surface area contributed by atoms with E-state index in [1.54, 1.807) is 18.5 Å². The monoisotopic (exact) mass is 335 g/mol. The van der Waals surface area contributed by atoms with Gasteiger partial charge in [-0.1, -0.05) is 0 Å². The van der Waals surface area contributed by atoms with Crippen molar-refractivity contribution in [1.29, 1.82) is 5.26 Å². The van der Waals surface area contributed by atoms with E-state index < -0.39 is 0 Å². The fourth-order valence-electron chi connectivity index (χ4n) is 3.31. The maximum Gasteiger partial charge on any atom is 0.267 e. The van der Waals surface area contributed by atoms with Gasteiger partial charge in [0.2, 0.25) is 0 Å². The Hall–Kier alpha value is -3.34. The van der Waals surface area contributed by atoms with Crippen LogP contribution < -0.4 is 15.4 Å². The Morgan fingerprint density at radius 3 is 3.04 bits per heavy atom. The van der Waals surface area contributed by atoms with Gasteiger partial charge in [-0.3, -0.25) is 4.79 Å². The van der Waals surface area contributed by atoms with Crippen LogP contribution in [0.5, 0.6) is 0 Å². The second-order valence-corrected chi connectivity index (χ2v) is 6.13. The third kappa shape index (κ3) is 2.59. The molecule has 1 saturated heterocycles. The number of nitriles is 1. The predicted molar refractivity (Wildman–Crippen MR) is 94.7 cm³/mol. The number of anilines is 2. The summed E-state index contributed by atoms with van der Waals surface area (Å²) in [5, 5.41) is 9.90. The molecule has 4 rings (SSSR count). The average Bonchev–Trinajstić information content (AvgIpc) is 3.30. The highest BCUT2D eigenvalue weighted by Crippen LogP contribution is 2.27. The number of H-pyrrole nitrogens is 2. The van der Waals surface area contributed by atoms with Crippen LogP contribution >= 0.6 is 0 Å². The molecule has 1 aliphatic rings. The van der Waals surface area contributed by atoms with E-state index in [1.807, 2.05) is 25.4 Å². The molecule has 126 valence electrons. The fourth-order valence-corrected chi connectivity index (χ4v) is 3.31. The summed E-state index contributed by atoms with van der Waals surface area (Å²) in [4.78, 5) is 30.7. The molecule has 1 atom stereocenters. The van der Waals surface area contributed by atoms with Crippen molar-refractivity contribution in [2.45, 2.75) is 12.5 Å². The van der Waals surface area contributed by atoms with E-state index in [-0.39, 0.29) is 17.2 Å². The van der Waals surface area contributed by atoms with Crippen molar-refractivity contribution in [3.63, 3.8) is 0 Å². The SMILES string of the molecule is CN(c1ccc(C#N)c(=O)[nH]1)C1CCN(c2ncnc3[nH]ccc23)C1. The largest absolute Gasteiger partial charge is 0.356 e. The van der Waals surface area contributed by atoms with Crippen molar-refractivity contribution in [2.75, 3.05) is 29.9 Å². The maximum atomic E-state index is 11.9. The number of aromatic amines is 2. The predicted octanol–water partition coefficient (Wildman–Crippen LogP) is 1.23. The van der Waals surface area contributed by atoms with Crippen LogP contribution in [0.3, 0.4) is 0 Å². The van der Waals surface area contributed by atoms with Gasteiger partial charge in [-0.15, -0.1) is 0 Å². The molecule has 1 fully saturated rings. The first-order valence-electron chi connectivity index (χ1n) is 8.06. The lowest BCUT2D eigenvalue weighted by molar-refractivity contribution is 0.683. The van der Waals surface area contributed by atoms with E-state index in [4.69, 9.17) is 5.26 Å². The number of nitrogens with zero attached hydrogens (tertiary/aromatic N) is 5. The zero-order valence-corrected chi connectivity index (χ0v) is 13.7. The Labute approximate surface area is 143 Å². The minimum Gasteiger partial charge on any atom is -0.356 e. The van der Waals surface area contributed by atoms with Crippen molar-refractivity contribution < 1.29 is 0 Å².